The molecule has 0 aliphatic carbocycles. The second-order valence-electron chi connectivity index (χ2n) is 1.47. The van der Waals surface area contributed by atoms with Crippen molar-refractivity contribution >= 4 is 44.6 Å². The number of hydrogen-bond acceptors (Lipinski definition) is 11. The minimum absolute atomic E-state index is 0. The summed E-state index contributed by atoms with van der Waals surface area (Å²) in [5, 5.41) is 7.74. The van der Waals surface area contributed by atoms with Crippen molar-refractivity contribution in [2.45, 2.75) is 0 Å². The van der Waals surface area contributed by atoms with E-state index in [9.17, 15) is 37.8 Å². The maximum Gasteiger partial charge on any atom is 1.00 e. The monoisotopic (exact) mass is 456 g/mol. The molecular formula is C2H5ClNa4O11P4+4. The van der Waals surface area contributed by atoms with Crippen molar-refractivity contribution in [1.82, 2.24) is 0 Å². The van der Waals surface area contributed by atoms with E-state index in [1.165, 1.54) is 0 Å². The van der Waals surface area contributed by atoms with E-state index in [1.807, 2.05) is 0 Å². The molecule has 22 heavy (non-hydrogen) atoms. The van der Waals surface area contributed by atoms with Gasteiger partial charge in [0.2, 0.25) is 0 Å². The van der Waals surface area contributed by atoms with Gasteiger partial charge in [-0.25, -0.2) is 0 Å². The third-order valence-electron chi connectivity index (χ3n) is 0.351. The molecule has 0 bridgehead atoms. The SMILES string of the molecule is O=[P+]([O-])O[P+](=O)[O-].O=[P+]([O-])O[P+](=O)[O-].OCCCl.[Na+].[Na+].[Na+].[Na+]. The first kappa shape index (κ1) is 45.3. The molecule has 0 saturated carbocycles. The number of rotatable bonds is 5. The van der Waals surface area contributed by atoms with Gasteiger partial charge in [-0.2, -0.15) is 0 Å². The summed E-state index contributed by atoms with van der Waals surface area (Å²) < 4.78 is 43.3. The number of halogens is 1. The molecule has 0 rings (SSSR count). The van der Waals surface area contributed by atoms with Crippen LogP contribution in [0, 0.1) is 0 Å². The van der Waals surface area contributed by atoms with E-state index in [0.717, 1.165) is 0 Å². The van der Waals surface area contributed by atoms with Crippen molar-refractivity contribution < 1.29 is 170 Å². The van der Waals surface area contributed by atoms with Gasteiger partial charge in [0.1, 0.15) is 8.62 Å². The van der Waals surface area contributed by atoms with Crippen molar-refractivity contribution in [2.75, 3.05) is 12.5 Å². The van der Waals surface area contributed by atoms with E-state index < -0.39 is 33.0 Å². The Hall–Kier alpha value is 4.41. The van der Waals surface area contributed by atoms with Crippen molar-refractivity contribution in [3.05, 3.63) is 0 Å². The van der Waals surface area contributed by atoms with Crippen LogP contribution in [0.5, 0.6) is 0 Å². The van der Waals surface area contributed by atoms with E-state index in [-0.39, 0.29) is 125 Å². The second-order valence-corrected chi connectivity index (χ2v) is 4.94. The predicted molar refractivity (Wildman–Crippen MR) is 50.4 cm³/mol. The van der Waals surface area contributed by atoms with Gasteiger partial charge >= 0.3 is 151 Å². The maximum atomic E-state index is 9.24. The summed E-state index contributed by atoms with van der Waals surface area (Å²) in [5.74, 6) is 0.347. The van der Waals surface area contributed by atoms with E-state index >= 15 is 0 Å². The Bertz CT molecular complexity index is 243. The van der Waals surface area contributed by atoms with Gasteiger partial charge in [0, 0.05) is 5.88 Å². The van der Waals surface area contributed by atoms with Crippen LogP contribution in [0.4, 0.5) is 0 Å². The van der Waals surface area contributed by atoms with Crippen molar-refractivity contribution in [2.24, 2.45) is 0 Å². The third-order valence-corrected chi connectivity index (χ3v) is 2.65. The molecule has 0 spiro atoms. The summed E-state index contributed by atoms with van der Waals surface area (Å²) in [4.78, 5) is 37.0. The van der Waals surface area contributed by atoms with Gasteiger partial charge in [0.25, 0.3) is 0 Å². The minimum atomic E-state index is -3.24. The average molecular weight is 456 g/mol. The molecule has 0 aliphatic rings. The Kier molecular flexibility index (Phi) is 74.8. The van der Waals surface area contributed by atoms with Crippen molar-refractivity contribution in [1.29, 1.82) is 0 Å². The molecule has 0 saturated heterocycles. The van der Waals surface area contributed by atoms with Gasteiger partial charge in [0.15, 0.2) is 0 Å². The van der Waals surface area contributed by atoms with Crippen LogP contribution in [0.2, 0.25) is 0 Å². The minimum Gasteiger partial charge on any atom is -0.563 e. The fraction of sp³-hybridized carbons (Fsp3) is 1.00. The first-order valence-electron chi connectivity index (χ1n) is 3.27. The molecule has 11 nitrogen and oxygen atoms in total. The molecule has 0 aromatic heterocycles. The third kappa shape index (κ3) is 74.4. The van der Waals surface area contributed by atoms with Crippen molar-refractivity contribution in [3.8, 4) is 0 Å². The standard InChI is InChI=1S/C2H5ClO.4Na.2O5P2/c3-1-2-4;;;;;2*1-6(2)5-7(3)4/h4H,1-2H2;;;;;;/q;4*+1;;. The predicted octanol–water partition coefficient (Wildman–Crippen LogP) is -13.7. The van der Waals surface area contributed by atoms with Crippen LogP contribution < -0.4 is 138 Å². The Balaban J connectivity index is -0.0000000290. The molecule has 0 fully saturated rings. The molecule has 0 amide bonds. The summed E-state index contributed by atoms with van der Waals surface area (Å²) in [5.41, 5.74) is 0. The summed E-state index contributed by atoms with van der Waals surface area (Å²) in [6.45, 7) is 0.0849. The number of aliphatic hydroxyl groups is 1. The second kappa shape index (κ2) is 36.3. The molecule has 4 unspecified atom stereocenters. The molecule has 0 aromatic carbocycles. The molecule has 4 atom stereocenters. The van der Waals surface area contributed by atoms with Crippen LogP contribution in [0.15, 0.2) is 0 Å². The Morgan fingerprint density at radius 2 is 0.864 bits per heavy atom. The molecular weight excluding hydrogens is 451 g/mol. The average Bonchev–Trinajstić information content (AvgIpc) is 2.14. The Morgan fingerprint density at radius 1 is 0.727 bits per heavy atom. The van der Waals surface area contributed by atoms with Crippen LogP contribution in [0.25, 0.3) is 0 Å². The Morgan fingerprint density at radius 3 is 0.864 bits per heavy atom. The normalized spacial score (nSPS) is 9.91. The van der Waals surface area contributed by atoms with Crippen LogP contribution in [0.3, 0.4) is 0 Å². The van der Waals surface area contributed by atoms with Crippen LogP contribution in [0.1, 0.15) is 0 Å². The molecule has 0 radical (unpaired) electrons. The zero-order chi connectivity index (χ0) is 15.1. The summed E-state index contributed by atoms with van der Waals surface area (Å²) in [6.07, 6.45) is 0. The topological polar surface area (TPSA) is 199 Å². The Labute approximate surface area is 223 Å². The molecule has 0 aliphatic heterocycles. The number of hydrogen-bond donors (Lipinski definition) is 1. The molecule has 0 heterocycles. The molecule has 0 aromatic rings. The first-order chi connectivity index (χ1) is 8.17. The van der Waals surface area contributed by atoms with Crippen molar-refractivity contribution in [3.63, 3.8) is 0 Å². The largest absolute Gasteiger partial charge is 1.00 e. The van der Waals surface area contributed by atoms with E-state index in [0.29, 0.717) is 5.88 Å². The summed E-state index contributed by atoms with van der Waals surface area (Å²) >= 11 is 4.94. The van der Waals surface area contributed by atoms with Crippen LogP contribution in [-0.4, -0.2) is 17.6 Å². The smallest absolute Gasteiger partial charge is 0.563 e. The van der Waals surface area contributed by atoms with E-state index in [4.69, 9.17) is 16.7 Å². The maximum absolute atomic E-state index is 9.24. The zero-order valence-corrected chi connectivity index (χ0v) is 24.4. The first-order valence-corrected chi connectivity index (χ1v) is 8.19. The van der Waals surface area contributed by atoms with Gasteiger partial charge < -0.3 is 24.7 Å². The fourth-order valence-electron chi connectivity index (χ4n) is 0.109. The van der Waals surface area contributed by atoms with Gasteiger partial charge in [-0.05, 0) is 18.3 Å². The van der Waals surface area contributed by atoms with Crippen LogP contribution >= 0.6 is 44.6 Å². The zero-order valence-electron chi connectivity index (χ0n) is 12.1. The quantitative estimate of drug-likeness (QED) is 0.234. The van der Waals surface area contributed by atoms with E-state index in [2.05, 4.69) is 8.62 Å². The molecule has 20 heteroatoms. The molecule has 106 valence electrons. The number of alkyl halides is 1. The van der Waals surface area contributed by atoms with Gasteiger partial charge in [0.05, 0.1) is 6.61 Å². The fourth-order valence-corrected chi connectivity index (χ4v) is 0.980. The van der Waals surface area contributed by atoms with Crippen LogP contribution in [-0.2, 0) is 26.9 Å². The number of aliphatic hydroxyl groups excluding tert-OH is 1. The van der Waals surface area contributed by atoms with Gasteiger partial charge in [-0.15, -0.1) is 11.6 Å². The molecule has 1 N–H and O–H groups in total. The van der Waals surface area contributed by atoms with Gasteiger partial charge in [-0.3, -0.25) is 0 Å². The summed E-state index contributed by atoms with van der Waals surface area (Å²) in [6, 6.07) is 0. The van der Waals surface area contributed by atoms with Gasteiger partial charge in [-0.1, -0.05) is 0 Å². The van der Waals surface area contributed by atoms with E-state index in [1.54, 1.807) is 0 Å². The summed E-state index contributed by atoms with van der Waals surface area (Å²) in [7, 11) is -12.9.